The summed E-state index contributed by atoms with van der Waals surface area (Å²) in [7, 11) is 0. The van der Waals surface area contributed by atoms with Gasteiger partial charge in [-0.3, -0.25) is 0 Å². The van der Waals surface area contributed by atoms with Gasteiger partial charge in [-0.15, -0.1) is 0 Å². The van der Waals surface area contributed by atoms with Crippen LogP contribution in [0.15, 0.2) is 48.5 Å². The van der Waals surface area contributed by atoms with E-state index in [1.807, 2.05) is 0 Å². The fourth-order valence-corrected chi connectivity index (χ4v) is 1.48. The third-order valence-electron chi connectivity index (χ3n) is 2.24. The first-order valence-electron chi connectivity index (χ1n) is 5.01. The molecule has 0 aliphatic heterocycles. The summed E-state index contributed by atoms with van der Waals surface area (Å²) in [6, 6.07) is 13.0. The molecule has 0 radical (unpaired) electrons. The Morgan fingerprint density at radius 1 is 1.00 bits per heavy atom. The second kappa shape index (κ2) is 4.89. The van der Waals surface area contributed by atoms with Crippen molar-refractivity contribution in [3.8, 4) is 5.75 Å². The zero-order valence-corrected chi connectivity index (χ0v) is 9.63. The Labute approximate surface area is 104 Å². The van der Waals surface area contributed by atoms with Gasteiger partial charge in [0.05, 0.1) is 0 Å². The lowest BCUT2D eigenvalue weighted by atomic mass is 10.2. The van der Waals surface area contributed by atoms with E-state index in [9.17, 15) is 5.21 Å². The van der Waals surface area contributed by atoms with Gasteiger partial charge in [0.15, 0.2) is 6.21 Å². The van der Waals surface area contributed by atoms with E-state index >= 15 is 0 Å². The number of nitrogens with zero attached hydrogens (tertiary/aromatic N) is 1. The number of phenolic OH excluding ortho intramolecular Hbond substituents is 1. The SMILES string of the molecule is [O-][N+](=Cc1ccc(Cl)cc1)c1ccc(O)cc1. The highest BCUT2D eigenvalue weighted by molar-refractivity contribution is 6.30. The molecule has 4 heteroatoms. The Morgan fingerprint density at radius 3 is 2.18 bits per heavy atom. The quantitative estimate of drug-likeness (QED) is 0.383. The first-order valence-corrected chi connectivity index (χ1v) is 5.39. The van der Waals surface area contributed by atoms with Crippen LogP contribution in [0.3, 0.4) is 0 Å². The summed E-state index contributed by atoms with van der Waals surface area (Å²) < 4.78 is 0.739. The Bertz CT molecular complexity index is 532. The Hall–Kier alpha value is -2.00. The molecule has 17 heavy (non-hydrogen) atoms. The predicted molar refractivity (Wildman–Crippen MR) is 68.0 cm³/mol. The highest BCUT2D eigenvalue weighted by atomic mass is 35.5. The van der Waals surface area contributed by atoms with Gasteiger partial charge in [0, 0.05) is 22.7 Å². The summed E-state index contributed by atoms with van der Waals surface area (Å²) in [6.45, 7) is 0. The second-order valence-corrected chi connectivity index (χ2v) is 3.96. The van der Waals surface area contributed by atoms with Crippen LogP contribution in [0.4, 0.5) is 5.69 Å². The van der Waals surface area contributed by atoms with Crippen molar-refractivity contribution >= 4 is 23.5 Å². The Morgan fingerprint density at radius 2 is 1.59 bits per heavy atom. The van der Waals surface area contributed by atoms with E-state index in [2.05, 4.69) is 0 Å². The third kappa shape index (κ3) is 2.98. The molecule has 0 heterocycles. The van der Waals surface area contributed by atoms with Crippen molar-refractivity contribution in [2.45, 2.75) is 0 Å². The predicted octanol–water partition coefficient (Wildman–Crippen LogP) is 3.31. The summed E-state index contributed by atoms with van der Waals surface area (Å²) in [4.78, 5) is 0. The fourth-order valence-electron chi connectivity index (χ4n) is 1.36. The van der Waals surface area contributed by atoms with E-state index in [1.165, 1.54) is 18.3 Å². The number of halogens is 1. The van der Waals surface area contributed by atoms with Gasteiger partial charge in [-0.1, -0.05) is 11.6 Å². The molecular formula is C13H10ClNO2. The van der Waals surface area contributed by atoms with Crippen LogP contribution in [0.1, 0.15) is 5.56 Å². The van der Waals surface area contributed by atoms with Gasteiger partial charge >= 0.3 is 0 Å². The van der Waals surface area contributed by atoms with Crippen molar-refractivity contribution in [2.24, 2.45) is 0 Å². The zero-order valence-electron chi connectivity index (χ0n) is 8.88. The molecule has 0 unspecified atom stereocenters. The standard InChI is InChI=1S/C13H10ClNO2/c14-11-3-1-10(2-4-11)9-15(17)12-5-7-13(16)8-6-12/h1-9,16H. The van der Waals surface area contributed by atoms with E-state index in [-0.39, 0.29) is 5.75 Å². The van der Waals surface area contributed by atoms with Gasteiger partial charge in [0.25, 0.3) is 0 Å². The van der Waals surface area contributed by atoms with Crippen molar-refractivity contribution in [2.75, 3.05) is 0 Å². The van der Waals surface area contributed by atoms with Crippen LogP contribution < -0.4 is 0 Å². The minimum atomic E-state index is 0.133. The highest BCUT2D eigenvalue weighted by Crippen LogP contribution is 2.16. The fraction of sp³-hybridized carbons (Fsp3) is 0. The number of phenols is 1. The molecule has 1 N–H and O–H groups in total. The van der Waals surface area contributed by atoms with Crippen LogP contribution in [-0.2, 0) is 0 Å². The van der Waals surface area contributed by atoms with E-state index < -0.39 is 0 Å². The topological polar surface area (TPSA) is 46.3 Å². The number of rotatable bonds is 2. The van der Waals surface area contributed by atoms with Crippen molar-refractivity contribution in [1.29, 1.82) is 0 Å². The van der Waals surface area contributed by atoms with Crippen LogP contribution in [0.2, 0.25) is 5.02 Å². The molecule has 0 amide bonds. The van der Waals surface area contributed by atoms with Crippen LogP contribution >= 0.6 is 11.6 Å². The Balaban J connectivity index is 2.27. The molecule has 0 aromatic heterocycles. The molecule has 0 aliphatic rings. The molecule has 3 nitrogen and oxygen atoms in total. The second-order valence-electron chi connectivity index (χ2n) is 3.52. The summed E-state index contributed by atoms with van der Waals surface area (Å²) in [5, 5.41) is 21.5. The first-order chi connectivity index (χ1) is 8.15. The normalized spacial score (nSPS) is 11.5. The van der Waals surface area contributed by atoms with Crippen LogP contribution in [0.25, 0.3) is 0 Å². The number of benzene rings is 2. The molecule has 0 bridgehead atoms. The zero-order chi connectivity index (χ0) is 12.3. The van der Waals surface area contributed by atoms with E-state index in [0.717, 1.165) is 10.3 Å². The molecular weight excluding hydrogens is 238 g/mol. The summed E-state index contributed by atoms with van der Waals surface area (Å²) in [5.74, 6) is 0.133. The van der Waals surface area contributed by atoms with E-state index in [0.29, 0.717) is 10.7 Å². The van der Waals surface area contributed by atoms with Gasteiger partial charge < -0.3 is 10.3 Å². The monoisotopic (exact) mass is 247 g/mol. The van der Waals surface area contributed by atoms with Gasteiger partial charge in [0.2, 0.25) is 5.69 Å². The van der Waals surface area contributed by atoms with Crippen molar-refractivity contribution in [3.05, 3.63) is 64.3 Å². The van der Waals surface area contributed by atoms with Crippen molar-refractivity contribution in [1.82, 2.24) is 0 Å². The average Bonchev–Trinajstić information content (AvgIpc) is 2.33. The van der Waals surface area contributed by atoms with Gasteiger partial charge in [-0.2, -0.15) is 4.74 Å². The number of hydrogen-bond donors (Lipinski definition) is 1. The molecule has 86 valence electrons. The Kier molecular flexibility index (Phi) is 3.30. The summed E-state index contributed by atoms with van der Waals surface area (Å²) in [5.41, 5.74) is 1.22. The van der Waals surface area contributed by atoms with Crippen LogP contribution in [0.5, 0.6) is 5.75 Å². The van der Waals surface area contributed by atoms with Crippen molar-refractivity contribution < 1.29 is 9.85 Å². The maximum absolute atomic E-state index is 11.8. The van der Waals surface area contributed by atoms with Crippen LogP contribution in [0, 0.1) is 5.21 Å². The minimum absolute atomic E-state index is 0.133. The third-order valence-corrected chi connectivity index (χ3v) is 2.49. The van der Waals surface area contributed by atoms with E-state index in [4.69, 9.17) is 16.7 Å². The highest BCUT2D eigenvalue weighted by Gasteiger charge is 2.01. The minimum Gasteiger partial charge on any atom is -0.618 e. The average molecular weight is 248 g/mol. The van der Waals surface area contributed by atoms with Gasteiger partial charge in [-0.25, -0.2) is 0 Å². The molecule has 0 spiro atoms. The molecule has 0 saturated carbocycles. The van der Waals surface area contributed by atoms with Crippen LogP contribution in [-0.4, -0.2) is 16.1 Å². The van der Waals surface area contributed by atoms with Crippen molar-refractivity contribution in [3.63, 3.8) is 0 Å². The lowest BCUT2D eigenvalue weighted by Crippen LogP contribution is -1.98. The lowest BCUT2D eigenvalue weighted by Gasteiger charge is -2.02. The maximum Gasteiger partial charge on any atom is 0.216 e. The first kappa shape index (κ1) is 11.5. The molecule has 2 aromatic carbocycles. The molecule has 0 fully saturated rings. The largest absolute Gasteiger partial charge is 0.618 e. The lowest BCUT2D eigenvalue weighted by molar-refractivity contribution is -0.354. The molecule has 0 atom stereocenters. The summed E-state index contributed by atoms with van der Waals surface area (Å²) in [6.07, 6.45) is 1.45. The maximum atomic E-state index is 11.8. The molecule has 0 saturated heterocycles. The molecule has 0 aliphatic carbocycles. The number of hydrogen-bond acceptors (Lipinski definition) is 2. The smallest absolute Gasteiger partial charge is 0.216 e. The van der Waals surface area contributed by atoms with Gasteiger partial charge in [-0.05, 0) is 36.4 Å². The molecule has 2 rings (SSSR count). The summed E-state index contributed by atoms with van der Waals surface area (Å²) >= 11 is 5.75. The molecule has 2 aromatic rings. The van der Waals surface area contributed by atoms with E-state index in [1.54, 1.807) is 36.4 Å². The van der Waals surface area contributed by atoms with Gasteiger partial charge in [0.1, 0.15) is 5.75 Å². The number of aromatic hydroxyl groups is 1.